The largest absolute Gasteiger partial charge is 0.309 e. The summed E-state index contributed by atoms with van der Waals surface area (Å²) in [4.78, 5) is 0. The Kier molecular flexibility index (Phi) is 3.82. The Hall–Kier alpha value is -1.31. The Morgan fingerprint density at radius 3 is 2.12 bits per heavy atom. The van der Waals surface area contributed by atoms with Crippen molar-refractivity contribution >= 4 is 11.6 Å². The maximum atomic E-state index is 6.26. The lowest BCUT2D eigenvalue weighted by Crippen LogP contribution is -2.18. The van der Waals surface area contributed by atoms with E-state index in [1.807, 2.05) is 25.2 Å². The summed E-state index contributed by atoms with van der Waals surface area (Å²) in [5.41, 5.74) is 3.65. The lowest BCUT2D eigenvalue weighted by atomic mass is 9.95. The van der Waals surface area contributed by atoms with Gasteiger partial charge in [-0.05, 0) is 36.7 Å². The van der Waals surface area contributed by atoms with Crippen LogP contribution in [0.4, 0.5) is 0 Å². The number of hydrogen-bond acceptors (Lipinski definition) is 1. The van der Waals surface area contributed by atoms with Crippen LogP contribution in [0.3, 0.4) is 0 Å². The molecule has 0 saturated heterocycles. The lowest BCUT2D eigenvalue weighted by molar-refractivity contribution is 0.688. The summed E-state index contributed by atoms with van der Waals surface area (Å²) >= 11 is 6.26. The highest BCUT2D eigenvalue weighted by Gasteiger charge is 2.15. The minimum absolute atomic E-state index is 0.143. The molecule has 0 fully saturated rings. The number of aryl methyl sites for hydroxylation is 1. The Morgan fingerprint density at radius 1 is 0.941 bits per heavy atom. The smallest absolute Gasteiger partial charge is 0.0591 e. The topological polar surface area (TPSA) is 12.0 Å². The molecule has 0 aliphatic heterocycles. The summed E-state index contributed by atoms with van der Waals surface area (Å²) < 4.78 is 0. The number of rotatable bonds is 3. The highest BCUT2D eigenvalue weighted by molar-refractivity contribution is 6.31. The van der Waals surface area contributed by atoms with Gasteiger partial charge in [0, 0.05) is 5.02 Å². The third kappa shape index (κ3) is 2.51. The van der Waals surface area contributed by atoms with Crippen LogP contribution in [0.2, 0.25) is 5.02 Å². The molecule has 1 N–H and O–H groups in total. The molecule has 88 valence electrons. The Bertz CT molecular complexity index is 462. The van der Waals surface area contributed by atoms with E-state index in [9.17, 15) is 0 Å². The van der Waals surface area contributed by atoms with E-state index in [0.717, 1.165) is 10.6 Å². The van der Waals surface area contributed by atoms with Crippen molar-refractivity contribution in [3.63, 3.8) is 0 Å². The third-order valence-corrected chi connectivity index (χ3v) is 3.35. The summed E-state index contributed by atoms with van der Waals surface area (Å²) in [7, 11) is 1.96. The Morgan fingerprint density at radius 2 is 1.53 bits per heavy atom. The van der Waals surface area contributed by atoms with Crippen molar-refractivity contribution in [2.75, 3.05) is 7.05 Å². The summed E-state index contributed by atoms with van der Waals surface area (Å²) in [6.07, 6.45) is 0. The summed E-state index contributed by atoms with van der Waals surface area (Å²) in [5, 5.41) is 4.13. The molecule has 0 aliphatic rings. The maximum absolute atomic E-state index is 6.26. The first-order chi connectivity index (χ1) is 8.24. The first-order valence-corrected chi connectivity index (χ1v) is 6.09. The maximum Gasteiger partial charge on any atom is 0.0591 e. The normalized spacial score (nSPS) is 12.4. The first kappa shape index (κ1) is 12.2. The SMILES string of the molecule is CNC(c1ccccc1C)c1ccccc1Cl. The predicted octanol–water partition coefficient (Wildman–Crippen LogP) is 3.96. The fraction of sp³-hybridized carbons (Fsp3) is 0.200. The van der Waals surface area contributed by atoms with Crippen LogP contribution in [0.25, 0.3) is 0 Å². The van der Waals surface area contributed by atoms with Crippen molar-refractivity contribution in [1.82, 2.24) is 5.32 Å². The third-order valence-electron chi connectivity index (χ3n) is 3.00. The second-order valence-corrected chi connectivity index (χ2v) is 4.51. The van der Waals surface area contributed by atoms with Crippen LogP contribution in [0.1, 0.15) is 22.7 Å². The zero-order valence-corrected chi connectivity index (χ0v) is 10.8. The zero-order valence-electron chi connectivity index (χ0n) is 10.1. The van der Waals surface area contributed by atoms with Gasteiger partial charge in [0.25, 0.3) is 0 Å². The summed E-state index contributed by atoms with van der Waals surface area (Å²) in [6, 6.07) is 16.5. The Balaban J connectivity index is 2.48. The highest BCUT2D eigenvalue weighted by atomic mass is 35.5. The molecular weight excluding hydrogens is 230 g/mol. The average Bonchev–Trinajstić information content (AvgIpc) is 2.34. The van der Waals surface area contributed by atoms with Crippen molar-refractivity contribution < 1.29 is 0 Å². The van der Waals surface area contributed by atoms with Gasteiger partial charge in [-0.2, -0.15) is 0 Å². The average molecular weight is 246 g/mol. The standard InChI is InChI=1S/C15H16ClN/c1-11-7-3-4-8-12(11)15(17-2)13-9-5-6-10-14(13)16/h3-10,15,17H,1-2H3. The second-order valence-electron chi connectivity index (χ2n) is 4.10. The van der Waals surface area contributed by atoms with Crippen molar-refractivity contribution in [2.45, 2.75) is 13.0 Å². The van der Waals surface area contributed by atoms with Crippen LogP contribution < -0.4 is 5.32 Å². The molecule has 0 saturated carbocycles. The van der Waals surface area contributed by atoms with E-state index >= 15 is 0 Å². The van der Waals surface area contributed by atoms with Gasteiger partial charge in [-0.25, -0.2) is 0 Å². The molecule has 2 aromatic rings. The minimum atomic E-state index is 0.143. The van der Waals surface area contributed by atoms with Crippen LogP contribution in [0, 0.1) is 6.92 Å². The van der Waals surface area contributed by atoms with E-state index < -0.39 is 0 Å². The number of halogens is 1. The lowest BCUT2D eigenvalue weighted by Gasteiger charge is -2.20. The van der Waals surface area contributed by atoms with Crippen LogP contribution >= 0.6 is 11.6 Å². The van der Waals surface area contributed by atoms with Gasteiger partial charge in [0.15, 0.2) is 0 Å². The molecule has 2 rings (SSSR count). The van der Waals surface area contributed by atoms with Gasteiger partial charge < -0.3 is 5.32 Å². The number of hydrogen-bond donors (Lipinski definition) is 1. The van der Waals surface area contributed by atoms with Crippen LogP contribution in [0.5, 0.6) is 0 Å². The van der Waals surface area contributed by atoms with E-state index in [0.29, 0.717) is 0 Å². The van der Waals surface area contributed by atoms with Crippen molar-refractivity contribution in [3.8, 4) is 0 Å². The van der Waals surface area contributed by atoms with Gasteiger partial charge in [0.05, 0.1) is 6.04 Å². The molecular formula is C15H16ClN. The van der Waals surface area contributed by atoms with Gasteiger partial charge in [-0.3, -0.25) is 0 Å². The molecule has 2 heteroatoms. The van der Waals surface area contributed by atoms with Gasteiger partial charge in [-0.1, -0.05) is 54.1 Å². The summed E-state index contributed by atoms with van der Waals surface area (Å²) in [5.74, 6) is 0. The molecule has 2 aromatic carbocycles. The Labute approximate surface area is 107 Å². The van der Waals surface area contributed by atoms with Gasteiger partial charge in [-0.15, -0.1) is 0 Å². The van der Waals surface area contributed by atoms with E-state index in [4.69, 9.17) is 11.6 Å². The molecule has 0 radical (unpaired) electrons. The van der Waals surface area contributed by atoms with E-state index in [1.165, 1.54) is 11.1 Å². The molecule has 0 aliphatic carbocycles. The minimum Gasteiger partial charge on any atom is -0.309 e. The molecule has 1 unspecified atom stereocenters. The van der Waals surface area contributed by atoms with Gasteiger partial charge >= 0.3 is 0 Å². The van der Waals surface area contributed by atoms with E-state index in [1.54, 1.807) is 0 Å². The monoisotopic (exact) mass is 245 g/mol. The molecule has 0 amide bonds. The molecule has 0 spiro atoms. The summed E-state index contributed by atoms with van der Waals surface area (Å²) in [6.45, 7) is 2.12. The molecule has 17 heavy (non-hydrogen) atoms. The second kappa shape index (κ2) is 5.35. The molecule has 0 bridgehead atoms. The van der Waals surface area contributed by atoms with Gasteiger partial charge in [0.1, 0.15) is 0 Å². The van der Waals surface area contributed by atoms with Crippen molar-refractivity contribution in [3.05, 3.63) is 70.2 Å². The van der Waals surface area contributed by atoms with E-state index in [2.05, 4.69) is 42.6 Å². The van der Waals surface area contributed by atoms with Crippen molar-refractivity contribution in [2.24, 2.45) is 0 Å². The fourth-order valence-corrected chi connectivity index (χ4v) is 2.34. The van der Waals surface area contributed by atoms with E-state index in [-0.39, 0.29) is 6.04 Å². The molecule has 1 atom stereocenters. The number of nitrogens with one attached hydrogen (secondary N) is 1. The van der Waals surface area contributed by atoms with Gasteiger partial charge in [0.2, 0.25) is 0 Å². The predicted molar refractivity (Wildman–Crippen MR) is 73.5 cm³/mol. The van der Waals surface area contributed by atoms with Crippen LogP contribution in [-0.4, -0.2) is 7.05 Å². The highest BCUT2D eigenvalue weighted by Crippen LogP contribution is 2.29. The molecule has 0 aromatic heterocycles. The first-order valence-electron chi connectivity index (χ1n) is 5.71. The quantitative estimate of drug-likeness (QED) is 0.863. The zero-order chi connectivity index (χ0) is 12.3. The molecule has 0 heterocycles. The van der Waals surface area contributed by atoms with Crippen LogP contribution in [0.15, 0.2) is 48.5 Å². The fourth-order valence-electron chi connectivity index (χ4n) is 2.10. The molecule has 1 nitrogen and oxygen atoms in total. The number of benzene rings is 2. The van der Waals surface area contributed by atoms with Crippen LogP contribution in [-0.2, 0) is 0 Å². The van der Waals surface area contributed by atoms with Crippen molar-refractivity contribution in [1.29, 1.82) is 0 Å².